The number of halogens is 2. The normalized spacial score (nSPS) is 13.3. The van der Waals surface area contributed by atoms with Gasteiger partial charge in [0.1, 0.15) is 17.5 Å². The molecule has 4 aromatic rings. The van der Waals surface area contributed by atoms with Crippen molar-refractivity contribution < 1.29 is 8.78 Å². The zero-order chi connectivity index (χ0) is 18.5. The Labute approximate surface area is 154 Å². The van der Waals surface area contributed by atoms with Gasteiger partial charge < -0.3 is 4.57 Å². The fraction of sp³-hybridized carbons (Fsp3) is 0.190. The molecule has 6 heteroatoms. The third kappa shape index (κ3) is 2.51. The summed E-state index contributed by atoms with van der Waals surface area (Å²) in [6.45, 7) is 2.46. The van der Waals surface area contributed by atoms with E-state index >= 15 is 0 Å². The molecule has 0 aliphatic carbocycles. The number of aromatic nitrogens is 4. The van der Waals surface area contributed by atoms with Crippen LogP contribution in [-0.2, 0) is 13.0 Å². The molecule has 4 nitrogen and oxygen atoms in total. The lowest BCUT2D eigenvalue weighted by Crippen LogP contribution is -1.98. The van der Waals surface area contributed by atoms with Crippen LogP contribution in [0.4, 0.5) is 8.78 Å². The predicted octanol–water partition coefficient (Wildman–Crippen LogP) is 4.69. The largest absolute Gasteiger partial charge is 0.327 e. The van der Waals surface area contributed by atoms with E-state index in [-0.39, 0.29) is 0 Å². The van der Waals surface area contributed by atoms with E-state index in [4.69, 9.17) is 4.98 Å². The Kier molecular flexibility index (Phi) is 3.53. The van der Waals surface area contributed by atoms with Gasteiger partial charge in [-0.25, -0.2) is 13.8 Å². The van der Waals surface area contributed by atoms with E-state index in [2.05, 4.69) is 14.5 Å². The van der Waals surface area contributed by atoms with Gasteiger partial charge in [0.15, 0.2) is 0 Å². The third-order valence-corrected chi connectivity index (χ3v) is 5.07. The van der Waals surface area contributed by atoms with Gasteiger partial charge in [0.2, 0.25) is 0 Å². The van der Waals surface area contributed by atoms with E-state index in [1.54, 1.807) is 19.3 Å². The minimum atomic E-state index is -0.600. The Hall–Kier alpha value is -3.15. The van der Waals surface area contributed by atoms with Crippen LogP contribution in [0.15, 0.2) is 42.7 Å². The first-order valence-electron chi connectivity index (χ1n) is 8.88. The van der Waals surface area contributed by atoms with Gasteiger partial charge in [0, 0.05) is 42.6 Å². The van der Waals surface area contributed by atoms with Crippen LogP contribution >= 0.6 is 0 Å². The molecule has 0 N–H and O–H groups in total. The smallest absolute Gasteiger partial charge is 0.135 e. The zero-order valence-corrected chi connectivity index (χ0v) is 14.7. The van der Waals surface area contributed by atoms with Crippen LogP contribution in [0.5, 0.6) is 0 Å². The molecule has 0 bridgehead atoms. The first kappa shape index (κ1) is 16.1. The molecule has 27 heavy (non-hydrogen) atoms. The van der Waals surface area contributed by atoms with E-state index in [1.807, 2.05) is 18.2 Å². The van der Waals surface area contributed by atoms with Crippen LogP contribution in [0, 0.1) is 18.6 Å². The van der Waals surface area contributed by atoms with Crippen LogP contribution in [0.2, 0.25) is 0 Å². The van der Waals surface area contributed by atoms with Gasteiger partial charge in [-0.2, -0.15) is 0 Å². The summed E-state index contributed by atoms with van der Waals surface area (Å²) in [5.41, 5.74) is 4.59. The number of benzene rings is 2. The summed E-state index contributed by atoms with van der Waals surface area (Å²) in [7, 11) is 0. The van der Waals surface area contributed by atoms with Crippen LogP contribution in [0.1, 0.15) is 17.8 Å². The summed E-state index contributed by atoms with van der Waals surface area (Å²) in [6, 6.07) is 8.28. The van der Waals surface area contributed by atoms with Crippen molar-refractivity contribution in [2.45, 2.75) is 26.3 Å². The minimum Gasteiger partial charge on any atom is -0.327 e. The number of hydrogen-bond acceptors (Lipinski definition) is 3. The van der Waals surface area contributed by atoms with Crippen molar-refractivity contribution in [2.75, 3.05) is 0 Å². The molecule has 0 radical (unpaired) electrons. The van der Waals surface area contributed by atoms with Crippen molar-refractivity contribution in [3.8, 4) is 22.5 Å². The zero-order valence-electron chi connectivity index (χ0n) is 14.7. The molecule has 0 saturated carbocycles. The highest BCUT2D eigenvalue weighted by molar-refractivity contribution is 5.86. The fourth-order valence-corrected chi connectivity index (χ4v) is 3.76. The molecule has 2 aromatic heterocycles. The first-order chi connectivity index (χ1) is 13.1. The summed E-state index contributed by atoms with van der Waals surface area (Å²) in [5, 5.41) is 0. The molecule has 0 unspecified atom stereocenters. The van der Waals surface area contributed by atoms with Gasteiger partial charge in [0.25, 0.3) is 0 Å². The van der Waals surface area contributed by atoms with E-state index in [1.165, 1.54) is 6.07 Å². The molecule has 3 heterocycles. The molecular formula is C21H16F2N4. The Morgan fingerprint density at radius 1 is 0.963 bits per heavy atom. The lowest BCUT2D eigenvalue weighted by atomic mass is 10.0. The molecule has 5 rings (SSSR count). The van der Waals surface area contributed by atoms with Gasteiger partial charge >= 0.3 is 0 Å². The van der Waals surface area contributed by atoms with Crippen LogP contribution in [0.3, 0.4) is 0 Å². The molecule has 1 aliphatic heterocycles. The van der Waals surface area contributed by atoms with Crippen LogP contribution < -0.4 is 0 Å². The van der Waals surface area contributed by atoms with Crippen molar-refractivity contribution in [3.63, 3.8) is 0 Å². The highest BCUT2D eigenvalue weighted by Crippen LogP contribution is 2.38. The van der Waals surface area contributed by atoms with E-state index in [0.717, 1.165) is 53.6 Å². The SMILES string of the molecule is Cc1cc(-c2nc3n(c2-c2ccc4nccnc4c2)CCC3)c(F)cc1F. The topological polar surface area (TPSA) is 43.6 Å². The average molecular weight is 362 g/mol. The monoisotopic (exact) mass is 362 g/mol. The summed E-state index contributed by atoms with van der Waals surface area (Å²) in [4.78, 5) is 13.4. The Bertz CT molecular complexity index is 1200. The number of hydrogen-bond donors (Lipinski definition) is 0. The lowest BCUT2D eigenvalue weighted by molar-refractivity contribution is 0.579. The highest BCUT2D eigenvalue weighted by Gasteiger charge is 2.25. The maximum atomic E-state index is 14.6. The van der Waals surface area contributed by atoms with Crippen molar-refractivity contribution in [1.82, 2.24) is 19.5 Å². The van der Waals surface area contributed by atoms with Crippen LogP contribution in [-0.4, -0.2) is 19.5 Å². The molecule has 134 valence electrons. The summed E-state index contributed by atoms with van der Waals surface area (Å²) in [5.74, 6) is -0.220. The first-order valence-corrected chi connectivity index (χ1v) is 8.88. The Morgan fingerprint density at radius 2 is 1.78 bits per heavy atom. The number of fused-ring (bicyclic) bond motifs is 2. The number of imidazole rings is 1. The molecule has 0 spiro atoms. The van der Waals surface area contributed by atoms with E-state index < -0.39 is 11.6 Å². The Morgan fingerprint density at radius 3 is 2.63 bits per heavy atom. The second-order valence-electron chi connectivity index (χ2n) is 6.82. The molecule has 2 aromatic carbocycles. The van der Waals surface area contributed by atoms with Crippen molar-refractivity contribution in [1.29, 1.82) is 0 Å². The fourth-order valence-electron chi connectivity index (χ4n) is 3.76. The van der Waals surface area contributed by atoms with Gasteiger partial charge in [0.05, 0.1) is 22.4 Å². The van der Waals surface area contributed by atoms with Gasteiger partial charge in [-0.3, -0.25) is 9.97 Å². The molecule has 1 aliphatic rings. The number of rotatable bonds is 2. The van der Waals surface area contributed by atoms with Crippen molar-refractivity contribution >= 4 is 11.0 Å². The molecule has 0 saturated heterocycles. The molecule has 0 amide bonds. The second kappa shape index (κ2) is 5.94. The predicted molar refractivity (Wildman–Crippen MR) is 99.2 cm³/mol. The molecular weight excluding hydrogens is 346 g/mol. The summed E-state index contributed by atoms with van der Waals surface area (Å²) < 4.78 is 30.5. The Balaban J connectivity index is 1.78. The standard InChI is InChI=1S/C21H16F2N4/c1-12-9-14(16(23)11-15(12)22)20-21(27-8-2-3-19(27)26-20)13-4-5-17-18(10-13)25-7-6-24-17/h4-7,9-11H,2-3,8H2,1H3. The molecule has 0 atom stereocenters. The average Bonchev–Trinajstić information content (AvgIpc) is 3.25. The van der Waals surface area contributed by atoms with Gasteiger partial charge in [-0.15, -0.1) is 0 Å². The van der Waals surface area contributed by atoms with E-state index in [9.17, 15) is 8.78 Å². The van der Waals surface area contributed by atoms with Crippen LogP contribution in [0.25, 0.3) is 33.5 Å². The van der Waals surface area contributed by atoms with Gasteiger partial charge in [-0.1, -0.05) is 6.07 Å². The lowest BCUT2D eigenvalue weighted by Gasteiger charge is -2.11. The maximum absolute atomic E-state index is 14.6. The quantitative estimate of drug-likeness (QED) is 0.519. The minimum absolute atomic E-state index is 0.324. The number of aryl methyl sites for hydroxylation is 2. The van der Waals surface area contributed by atoms with Gasteiger partial charge in [-0.05, 0) is 37.1 Å². The van der Waals surface area contributed by atoms with Crippen molar-refractivity contribution in [3.05, 3.63) is 65.7 Å². The van der Waals surface area contributed by atoms with E-state index in [0.29, 0.717) is 16.8 Å². The highest BCUT2D eigenvalue weighted by atomic mass is 19.1. The van der Waals surface area contributed by atoms with Crippen molar-refractivity contribution in [2.24, 2.45) is 0 Å². The number of nitrogens with zero attached hydrogens (tertiary/aromatic N) is 4. The summed E-state index contributed by atoms with van der Waals surface area (Å²) >= 11 is 0. The second-order valence-corrected chi connectivity index (χ2v) is 6.82. The third-order valence-electron chi connectivity index (χ3n) is 5.07. The molecule has 0 fully saturated rings. The summed E-state index contributed by atoms with van der Waals surface area (Å²) in [6.07, 6.45) is 5.16. The maximum Gasteiger partial charge on any atom is 0.135 e.